The van der Waals surface area contributed by atoms with Gasteiger partial charge in [0.25, 0.3) is 0 Å². The molecule has 1 heterocycles. The lowest BCUT2D eigenvalue weighted by molar-refractivity contribution is 0.0376. The minimum Gasteiger partial charge on any atom is -0.494 e. The van der Waals surface area contributed by atoms with Gasteiger partial charge in [0.1, 0.15) is 0 Å². The molecular formula is C16H25FN4O2. The van der Waals surface area contributed by atoms with Crippen LogP contribution in [0.3, 0.4) is 0 Å². The Morgan fingerprint density at radius 3 is 2.91 bits per heavy atom. The molecule has 128 valence electrons. The summed E-state index contributed by atoms with van der Waals surface area (Å²) in [6, 6.07) is 4.78. The number of aliphatic imine (C=N–C) groups is 1. The van der Waals surface area contributed by atoms with Crippen LogP contribution in [0.5, 0.6) is 5.75 Å². The molecule has 0 saturated carbocycles. The maximum absolute atomic E-state index is 13.6. The van der Waals surface area contributed by atoms with E-state index >= 15 is 0 Å². The number of nitrogens with zero attached hydrogens (tertiary/aromatic N) is 2. The zero-order chi connectivity index (χ0) is 16.5. The number of ether oxygens (including phenoxy) is 2. The van der Waals surface area contributed by atoms with Gasteiger partial charge in [0.05, 0.1) is 26.9 Å². The molecule has 1 saturated heterocycles. The van der Waals surface area contributed by atoms with Crippen molar-refractivity contribution >= 4 is 5.96 Å². The van der Waals surface area contributed by atoms with E-state index in [0.717, 1.165) is 51.4 Å². The van der Waals surface area contributed by atoms with Crippen molar-refractivity contribution < 1.29 is 13.9 Å². The normalized spacial score (nSPS) is 16.3. The van der Waals surface area contributed by atoms with Gasteiger partial charge in [0.15, 0.2) is 17.5 Å². The smallest absolute Gasteiger partial charge is 0.188 e. The fourth-order valence-electron chi connectivity index (χ4n) is 2.38. The molecule has 7 heteroatoms. The first-order valence-electron chi connectivity index (χ1n) is 7.85. The van der Waals surface area contributed by atoms with E-state index in [1.165, 1.54) is 13.2 Å². The van der Waals surface area contributed by atoms with Crippen molar-refractivity contribution in [3.05, 3.63) is 29.6 Å². The minimum absolute atomic E-state index is 0.229. The SMILES string of the molecule is COc1ccc(CN=C(N)NCCCN2CCOCC2)cc1F. The lowest BCUT2D eigenvalue weighted by Gasteiger charge is -2.26. The summed E-state index contributed by atoms with van der Waals surface area (Å²) >= 11 is 0. The molecule has 1 aliphatic heterocycles. The fourth-order valence-corrected chi connectivity index (χ4v) is 2.38. The van der Waals surface area contributed by atoms with Gasteiger partial charge in [-0.15, -0.1) is 0 Å². The largest absolute Gasteiger partial charge is 0.494 e. The van der Waals surface area contributed by atoms with Crippen molar-refractivity contribution in [1.82, 2.24) is 10.2 Å². The highest BCUT2D eigenvalue weighted by atomic mass is 19.1. The van der Waals surface area contributed by atoms with Gasteiger partial charge in [-0.25, -0.2) is 9.38 Å². The molecule has 0 atom stereocenters. The number of morpholine rings is 1. The van der Waals surface area contributed by atoms with E-state index in [0.29, 0.717) is 12.5 Å². The van der Waals surface area contributed by atoms with E-state index in [2.05, 4.69) is 15.2 Å². The predicted octanol–water partition coefficient (Wildman–Crippen LogP) is 0.961. The Morgan fingerprint density at radius 2 is 2.22 bits per heavy atom. The summed E-state index contributed by atoms with van der Waals surface area (Å²) in [4.78, 5) is 6.59. The first-order chi connectivity index (χ1) is 11.2. The number of guanidine groups is 1. The average Bonchev–Trinajstić information content (AvgIpc) is 2.58. The van der Waals surface area contributed by atoms with E-state index < -0.39 is 5.82 Å². The molecule has 1 fully saturated rings. The molecule has 0 amide bonds. The Labute approximate surface area is 136 Å². The summed E-state index contributed by atoms with van der Waals surface area (Å²) < 4.78 is 23.8. The van der Waals surface area contributed by atoms with Crippen molar-refractivity contribution in [2.75, 3.05) is 46.5 Å². The molecular weight excluding hydrogens is 299 g/mol. The number of methoxy groups -OCH3 is 1. The van der Waals surface area contributed by atoms with Gasteiger partial charge in [-0.1, -0.05) is 6.07 Å². The average molecular weight is 324 g/mol. The van der Waals surface area contributed by atoms with Gasteiger partial charge in [0, 0.05) is 19.6 Å². The second-order valence-electron chi connectivity index (χ2n) is 5.40. The summed E-state index contributed by atoms with van der Waals surface area (Å²) in [5, 5.41) is 3.08. The molecule has 0 radical (unpaired) electrons. The number of rotatable bonds is 7. The van der Waals surface area contributed by atoms with Crippen LogP contribution in [0.4, 0.5) is 4.39 Å². The molecule has 1 aromatic carbocycles. The van der Waals surface area contributed by atoms with Gasteiger partial charge >= 0.3 is 0 Å². The monoisotopic (exact) mass is 324 g/mol. The van der Waals surface area contributed by atoms with Crippen molar-refractivity contribution in [3.8, 4) is 5.75 Å². The zero-order valence-electron chi connectivity index (χ0n) is 13.6. The Bertz CT molecular complexity index is 519. The van der Waals surface area contributed by atoms with Gasteiger partial charge in [-0.05, 0) is 30.7 Å². The lowest BCUT2D eigenvalue weighted by Crippen LogP contribution is -2.39. The van der Waals surface area contributed by atoms with E-state index in [1.54, 1.807) is 12.1 Å². The summed E-state index contributed by atoms with van der Waals surface area (Å²) in [7, 11) is 1.44. The fraction of sp³-hybridized carbons (Fsp3) is 0.562. The van der Waals surface area contributed by atoms with Crippen LogP contribution in [0.25, 0.3) is 0 Å². The summed E-state index contributed by atoms with van der Waals surface area (Å²) in [6.07, 6.45) is 0.993. The van der Waals surface area contributed by atoms with Crippen LogP contribution in [0.1, 0.15) is 12.0 Å². The Balaban J connectivity index is 1.67. The third-order valence-corrected chi connectivity index (χ3v) is 3.71. The van der Waals surface area contributed by atoms with E-state index in [9.17, 15) is 4.39 Å². The quantitative estimate of drug-likeness (QED) is 0.444. The zero-order valence-corrected chi connectivity index (χ0v) is 13.6. The van der Waals surface area contributed by atoms with Crippen LogP contribution in [-0.2, 0) is 11.3 Å². The number of hydrogen-bond acceptors (Lipinski definition) is 4. The Hall–Kier alpha value is -1.86. The number of nitrogens with one attached hydrogen (secondary N) is 1. The van der Waals surface area contributed by atoms with Crippen LogP contribution >= 0.6 is 0 Å². The molecule has 0 unspecified atom stereocenters. The number of nitrogens with two attached hydrogens (primary N) is 1. The minimum atomic E-state index is -0.391. The third kappa shape index (κ3) is 6.03. The molecule has 23 heavy (non-hydrogen) atoms. The Morgan fingerprint density at radius 1 is 1.43 bits per heavy atom. The van der Waals surface area contributed by atoms with Crippen molar-refractivity contribution in [2.45, 2.75) is 13.0 Å². The van der Waals surface area contributed by atoms with Crippen molar-refractivity contribution in [2.24, 2.45) is 10.7 Å². The summed E-state index contributed by atoms with van der Waals surface area (Å²) in [6.45, 7) is 5.74. The number of hydrogen-bond donors (Lipinski definition) is 2. The molecule has 1 aliphatic rings. The highest BCUT2D eigenvalue weighted by Gasteiger charge is 2.09. The van der Waals surface area contributed by atoms with E-state index in [1.807, 2.05) is 0 Å². The molecule has 1 aromatic rings. The maximum atomic E-state index is 13.6. The highest BCUT2D eigenvalue weighted by Crippen LogP contribution is 2.17. The first kappa shape index (κ1) is 17.5. The van der Waals surface area contributed by atoms with Gasteiger partial charge in [-0.3, -0.25) is 4.90 Å². The van der Waals surface area contributed by atoms with Crippen LogP contribution in [0.15, 0.2) is 23.2 Å². The molecule has 2 rings (SSSR count). The second-order valence-corrected chi connectivity index (χ2v) is 5.40. The molecule has 0 spiro atoms. The number of halogens is 1. The summed E-state index contributed by atoms with van der Waals surface area (Å²) in [5.74, 6) is 0.215. The van der Waals surface area contributed by atoms with Gasteiger partial charge in [-0.2, -0.15) is 0 Å². The highest BCUT2D eigenvalue weighted by molar-refractivity contribution is 5.77. The first-order valence-corrected chi connectivity index (χ1v) is 7.85. The lowest BCUT2D eigenvalue weighted by atomic mass is 10.2. The standard InChI is InChI=1S/C16H25FN4O2/c1-22-15-4-3-13(11-14(15)17)12-20-16(18)19-5-2-6-21-7-9-23-10-8-21/h3-4,11H,2,5-10,12H2,1H3,(H3,18,19,20). The molecule has 6 nitrogen and oxygen atoms in total. The molecule has 0 aromatic heterocycles. The Kier molecular flexibility index (Phi) is 7.09. The van der Waals surface area contributed by atoms with Crippen molar-refractivity contribution in [3.63, 3.8) is 0 Å². The van der Waals surface area contributed by atoms with Crippen molar-refractivity contribution in [1.29, 1.82) is 0 Å². The molecule has 0 bridgehead atoms. The second kappa shape index (κ2) is 9.32. The molecule has 3 N–H and O–H groups in total. The maximum Gasteiger partial charge on any atom is 0.188 e. The topological polar surface area (TPSA) is 72.1 Å². The molecule has 0 aliphatic carbocycles. The van der Waals surface area contributed by atoms with E-state index in [-0.39, 0.29) is 5.75 Å². The van der Waals surface area contributed by atoms with E-state index in [4.69, 9.17) is 15.2 Å². The number of benzene rings is 1. The van der Waals surface area contributed by atoms with Gasteiger partial charge < -0.3 is 20.5 Å². The van der Waals surface area contributed by atoms with Crippen LogP contribution in [-0.4, -0.2) is 57.4 Å². The van der Waals surface area contributed by atoms with Crippen LogP contribution in [0, 0.1) is 5.82 Å². The third-order valence-electron chi connectivity index (χ3n) is 3.71. The van der Waals surface area contributed by atoms with Crippen LogP contribution in [0.2, 0.25) is 0 Å². The predicted molar refractivity (Wildman–Crippen MR) is 88.2 cm³/mol. The van der Waals surface area contributed by atoms with Crippen LogP contribution < -0.4 is 15.8 Å². The summed E-state index contributed by atoms with van der Waals surface area (Å²) in [5.41, 5.74) is 6.57. The van der Waals surface area contributed by atoms with Gasteiger partial charge in [0.2, 0.25) is 0 Å².